The smallest absolute Gasteiger partial charge is 0.330 e. The molecule has 1 N–H and O–H groups in total. The third-order valence-corrected chi connectivity index (χ3v) is 1.49. The lowest BCUT2D eigenvalue weighted by Crippen LogP contribution is -2.23. The normalized spacial score (nSPS) is 9.64. The highest BCUT2D eigenvalue weighted by molar-refractivity contribution is 6.46. The van der Waals surface area contributed by atoms with Crippen LogP contribution in [0.1, 0.15) is 5.56 Å². The summed E-state index contributed by atoms with van der Waals surface area (Å²) in [5.41, 5.74) is 0.780. The van der Waals surface area contributed by atoms with Gasteiger partial charge in [0.15, 0.2) is 0 Å². The Morgan fingerprint density at radius 3 is 2.73 bits per heavy atom. The van der Waals surface area contributed by atoms with Crippen LogP contribution in [0.3, 0.4) is 0 Å². The molecular formula is C7H6B2FO. The van der Waals surface area contributed by atoms with Gasteiger partial charge in [-0.25, -0.2) is 4.39 Å². The molecule has 11 heavy (non-hydrogen) atoms. The molecular weight excluding hydrogens is 141 g/mol. The van der Waals surface area contributed by atoms with Gasteiger partial charge >= 0.3 is 7.48 Å². The number of hydrogen-bond donors (Lipinski definition) is 1. The number of benzene rings is 1. The summed E-state index contributed by atoms with van der Waals surface area (Å²) in [6, 6.07) is 4.51. The summed E-state index contributed by atoms with van der Waals surface area (Å²) < 4.78 is 12.8. The van der Waals surface area contributed by atoms with Crippen LogP contribution >= 0.6 is 0 Å². The molecule has 3 radical (unpaired) electrons. The van der Waals surface area contributed by atoms with E-state index in [9.17, 15) is 4.39 Å². The Hall–Kier alpha value is -0.760. The lowest BCUT2D eigenvalue weighted by molar-refractivity contribution is 0.601. The van der Waals surface area contributed by atoms with Crippen molar-refractivity contribution >= 4 is 20.8 Å². The van der Waals surface area contributed by atoms with Gasteiger partial charge in [-0.2, -0.15) is 0 Å². The fraction of sp³-hybridized carbons (Fsp3) is 0.143. The lowest BCUT2D eigenvalue weighted by atomic mass is 9.79. The Morgan fingerprint density at radius 1 is 1.55 bits per heavy atom. The number of rotatable bonds is 2. The van der Waals surface area contributed by atoms with E-state index in [-0.39, 0.29) is 11.8 Å². The highest BCUT2D eigenvalue weighted by Crippen LogP contribution is 1.99. The van der Waals surface area contributed by atoms with E-state index in [1.165, 1.54) is 6.07 Å². The molecule has 0 amide bonds. The van der Waals surface area contributed by atoms with Gasteiger partial charge in [-0.05, 0) is 11.5 Å². The molecule has 4 heteroatoms. The zero-order chi connectivity index (χ0) is 8.27. The molecule has 1 rings (SSSR count). The first-order valence-electron chi connectivity index (χ1n) is 3.24. The Kier molecular flexibility index (Phi) is 2.71. The van der Waals surface area contributed by atoms with Crippen molar-refractivity contribution in [1.29, 1.82) is 0 Å². The average Bonchev–Trinajstić information content (AvgIpc) is 2.04. The molecule has 0 heterocycles. The highest BCUT2D eigenvalue weighted by Gasteiger charge is 2.05. The van der Waals surface area contributed by atoms with Crippen LogP contribution in [-0.2, 0) is 6.32 Å². The molecule has 1 aromatic carbocycles. The van der Waals surface area contributed by atoms with Gasteiger partial charge in [0.05, 0.1) is 7.85 Å². The molecule has 0 aliphatic rings. The predicted molar refractivity (Wildman–Crippen MR) is 43.5 cm³/mol. The summed E-state index contributed by atoms with van der Waals surface area (Å²) in [6.45, 7) is 0. The molecule has 1 aromatic rings. The van der Waals surface area contributed by atoms with Gasteiger partial charge in [-0.3, -0.25) is 0 Å². The Morgan fingerprint density at radius 2 is 2.27 bits per heavy atom. The van der Waals surface area contributed by atoms with E-state index < -0.39 is 5.82 Å². The van der Waals surface area contributed by atoms with Gasteiger partial charge in [-0.15, -0.1) is 0 Å². The minimum Gasteiger partial charge on any atom is -0.450 e. The SMILES string of the molecule is [B]Cc1cccc(F)c1[B]O. The van der Waals surface area contributed by atoms with Crippen molar-refractivity contribution in [3.63, 3.8) is 0 Å². The molecule has 0 aliphatic carbocycles. The van der Waals surface area contributed by atoms with Crippen molar-refractivity contribution < 1.29 is 9.41 Å². The molecule has 0 fully saturated rings. The summed E-state index contributed by atoms with van der Waals surface area (Å²) >= 11 is 0. The fourth-order valence-electron chi connectivity index (χ4n) is 0.904. The second kappa shape index (κ2) is 3.58. The van der Waals surface area contributed by atoms with Crippen LogP contribution in [0.15, 0.2) is 18.2 Å². The van der Waals surface area contributed by atoms with Gasteiger partial charge in [-0.1, -0.05) is 24.0 Å². The monoisotopic (exact) mass is 147 g/mol. The molecule has 53 valence electrons. The summed E-state index contributed by atoms with van der Waals surface area (Å²) in [7, 11) is 6.03. The molecule has 1 nitrogen and oxygen atoms in total. The Bertz CT molecular complexity index is 252. The van der Waals surface area contributed by atoms with Gasteiger partial charge < -0.3 is 5.02 Å². The molecule has 0 aliphatic heterocycles. The quantitative estimate of drug-likeness (QED) is 0.570. The molecule has 0 saturated heterocycles. The largest absolute Gasteiger partial charge is 0.450 e. The first-order valence-corrected chi connectivity index (χ1v) is 3.24. The molecule has 0 bridgehead atoms. The molecule has 0 aromatic heterocycles. The Labute approximate surface area is 66.9 Å². The second-order valence-corrected chi connectivity index (χ2v) is 2.15. The molecule has 0 unspecified atom stereocenters. The van der Waals surface area contributed by atoms with E-state index in [0.717, 1.165) is 7.48 Å². The number of hydrogen-bond acceptors (Lipinski definition) is 1. The van der Waals surface area contributed by atoms with Crippen LogP contribution in [0, 0.1) is 5.82 Å². The van der Waals surface area contributed by atoms with Crippen molar-refractivity contribution in [2.75, 3.05) is 0 Å². The zero-order valence-electron chi connectivity index (χ0n) is 5.92. The summed E-state index contributed by atoms with van der Waals surface area (Å²) in [6.07, 6.45) is 0.226. The van der Waals surface area contributed by atoms with Crippen LogP contribution in [0.25, 0.3) is 0 Å². The van der Waals surface area contributed by atoms with E-state index in [1.807, 2.05) is 0 Å². The van der Waals surface area contributed by atoms with Gasteiger partial charge in [0.1, 0.15) is 5.82 Å². The van der Waals surface area contributed by atoms with Crippen molar-refractivity contribution in [3.05, 3.63) is 29.6 Å². The van der Waals surface area contributed by atoms with Crippen LogP contribution in [-0.4, -0.2) is 20.4 Å². The summed E-state index contributed by atoms with van der Waals surface area (Å²) in [5, 5.41) is 8.61. The van der Waals surface area contributed by atoms with Crippen molar-refractivity contribution in [1.82, 2.24) is 0 Å². The molecule has 0 saturated carbocycles. The number of halogens is 1. The second-order valence-electron chi connectivity index (χ2n) is 2.15. The standard InChI is InChI=1S/C7H6B2FO/c8-4-5-2-1-3-6(10)7(5)9-11/h1-3,11H,4H2. The zero-order valence-corrected chi connectivity index (χ0v) is 5.92. The van der Waals surface area contributed by atoms with E-state index in [0.29, 0.717) is 5.56 Å². The van der Waals surface area contributed by atoms with Crippen molar-refractivity contribution in [3.8, 4) is 0 Å². The van der Waals surface area contributed by atoms with Crippen molar-refractivity contribution in [2.24, 2.45) is 0 Å². The van der Waals surface area contributed by atoms with Gasteiger partial charge in [0.25, 0.3) is 0 Å². The minimum absolute atomic E-state index is 0.176. The van der Waals surface area contributed by atoms with Crippen LogP contribution in [0.2, 0.25) is 0 Å². The van der Waals surface area contributed by atoms with Gasteiger partial charge in [0, 0.05) is 0 Å². The maximum absolute atomic E-state index is 12.8. The average molecular weight is 147 g/mol. The first-order chi connectivity index (χ1) is 5.29. The first kappa shape index (κ1) is 8.34. The maximum Gasteiger partial charge on any atom is 0.330 e. The van der Waals surface area contributed by atoms with E-state index >= 15 is 0 Å². The topological polar surface area (TPSA) is 20.2 Å². The lowest BCUT2D eigenvalue weighted by Gasteiger charge is -2.03. The minimum atomic E-state index is -0.449. The summed E-state index contributed by atoms with van der Waals surface area (Å²) in [5.74, 6) is -0.449. The Balaban J connectivity index is 3.13. The third kappa shape index (κ3) is 1.63. The fourth-order valence-corrected chi connectivity index (χ4v) is 0.904. The van der Waals surface area contributed by atoms with Gasteiger partial charge in [0.2, 0.25) is 0 Å². The highest BCUT2D eigenvalue weighted by atomic mass is 19.1. The summed E-state index contributed by atoms with van der Waals surface area (Å²) in [4.78, 5) is 0. The molecule has 0 atom stereocenters. The van der Waals surface area contributed by atoms with E-state index in [1.54, 1.807) is 12.1 Å². The van der Waals surface area contributed by atoms with Crippen molar-refractivity contribution in [2.45, 2.75) is 6.32 Å². The van der Waals surface area contributed by atoms with Crippen LogP contribution < -0.4 is 5.46 Å². The molecule has 0 spiro atoms. The maximum atomic E-state index is 12.8. The third-order valence-electron chi connectivity index (χ3n) is 1.49. The predicted octanol–water partition coefficient (Wildman–Crippen LogP) is -0.269. The van der Waals surface area contributed by atoms with Crippen LogP contribution in [0.5, 0.6) is 0 Å². The van der Waals surface area contributed by atoms with Crippen LogP contribution in [0.4, 0.5) is 4.39 Å². The van der Waals surface area contributed by atoms with E-state index in [4.69, 9.17) is 12.9 Å². The van der Waals surface area contributed by atoms with E-state index in [2.05, 4.69) is 0 Å².